The number of nitrogens with one attached hydrogen (secondary N) is 1. The lowest BCUT2D eigenvalue weighted by molar-refractivity contribution is -0.115. The lowest BCUT2D eigenvalue weighted by Crippen LogP contribution is -2.21. The summed E-state index contributed by atoms with van der Waals surface area (Å²) in [5, 5.41) is 3.44. The van der Waals surface area contributed by atoms with E-state index < -0.39 is 0 Å². The minimum Gasteiger partial charge on any atom is -0.372 e. The molecule has 1 heterocycles. The zero-order valence-electron chi connectivity index (χ0n) is 14.7. The van der Waals surface area contributed by atoms with E-state index in [2.05, 4.69) is 57.1 Å². The summed E-state index contributed by atoms with van der Waals surface area (Å²) in [5.74, 6) is -0.114. The van der Waals surface area contributed by atoms with Gasteiger partial charge in [-0.25, -0.2) is 4.99 Å². The highest BCUT2D eigenvalue weighted by molar-refractivity contribution is 9.10. The summed E-state index contributed by atoms with van der Waals surface area (Å²) in [5.41, 5.74) is 2.99. The molecule has 26 heavy (non-hydrogen) atoms. The minimum atomic E-state index is -0.114. The third-order valence-corrected chi connectivity index (χ3v) is 5.47. The summed E-state index contributed by atoms with van der Waals surface area (Å²) in [4.78, 5) is 19.6. The van der Waals surface area contributed by atoms with Gasteiger partial charge in [0, 0.05) is 23.2 Å². The Labute approximate surface area is 166 Å². The van der Waals surface area contributed by atoms with Crippen molar-refractivity contribution in [3.8, 4) is 0 Å². The van der Waals surface area contributed by atoms with Gasteiger partial charge in [-0.05, 0) is 73.6 Å². The first-order valence-corrected chi connectivity index (χ1v) is 10.1. The highest BCUT2D eigenvalue weighted by Gasteiger charge is 2.23. The van der Waals surface area contributed by atoms with Crippen LogP contribution in [0.3, 0.4) is 0 Å². The number of aliphatic imine (C=N–C) groups is 1. The van der Waals surface area contributed by atoms with Crippen molar-refractivity contribution < 1.29 is 4.79 Å². The number of anilines is 1. The third kappa shape index (κ3) is 4.56. The lowest BCUT2D eigenvalue weighted by Gasteiger charge is -2.20. The molecule has 0 aromatic heterocycles. The number of thioether (sulfide) groups is 1. The van der Waals surface area contributed by atoms with Gasteiger partial charge in [0.25, 0.3) is 5.91 Å². The molecule has 134 valence electrons. The predicted octanol–water partition coefficient (Wildman–Crippen LogP) is 5.19. The van der Waals surface area contributed by atoms with Crippen LogP contribution in [0.15, 0.2) is 62.9 Å². The quantitative estimate of drug-likeness (QED) is 0.665. The topological polar surface area (TPSA) is 44.7 Å². The van der Waals surface area contributed by atoms with Crippen LogP contribution in [-0.4, -0.2) is 24.2 Å². The number of rotatable bonds is 5. The molecule has 1 amide bonds. The fourth-order valence-corrected chi connectivity index (χ4v) is 3.74. The van der Waals surface area contributed by atoms with E-state index in [-0.39, 0.29) is 5.91 Å². The molecule has 2 aromatic rings. The highest BCUT2D eigenvalue weighted by Crippen LogP contribution is 2.29. The van der Waals surface area contributed by atoms with Gasteiger partial charge in [-0.3, -0.25) is 4.79 Å². The summed E-state index contributed by atoms with van der Waals surface area (Å²) in [6, 6.07) is 15.9. The number of amides is 1. The zero-order chi connectivity index (χ0) is 18.5. The van der Waals surface area contributed by atoms with Gasteiger partial charge >= 0.3 is 0 Å². The van der Waals surface area contributed by atoms with Crippen molar-refractivity contribution in [2.24, 2.45) is 4.99 Å². The Morgan fingerprint density at radius 1 is 1.08 bits per heavy atom. The van der Waals surface area contributed by atoms with E-state index >= 15 is 0 Å². The maximum Gasteiger partial charge on any atom is 0.264 e. The number of benzene rings is 2. The summed E-state index contributed by atoms with van der Waals surface area (Å²) >= 11 is 4.77. The maximum atomic E-state index is 12.2. The van der Waals surface area contributed by atoms with E-state index in [1.807, 2.05) is 42.5 Å². The van der Waals surface area contributed by atoms with E-state index in [1.165, 1.54) is 17.4 Å². The maximum absolute atomic E-state index is 12.2. The first-order valence-electron chi connectivity index (χ1n) is 8.49. The molecule has 0 aliphatic carbocycles. The van der Waals surface area contributed by atoms with Crippen molar-refractivity contribution in [1.29, 1.82) is 0 Å². The molecule has 0 atom stereocenters. The molecule has 2 aromatic carbocycles. The van der Waals surface area contributed by atoms with Crippen LogP contribution >= 0.6 is 27.7 Å². The second kappa shape index (κ2) is 8.56. The molecule has 3 rings (SSSR count). The number of carbonyl (C=O) groups excluding carboxylic acids is 1. The molecular weight excluding hydrogens is 410 g/mol. The number of hydrogen-bond acceptors (Lipinski definition) is 4. The molecule has 1 aliphatic rings. The van der Waals surface area contributed by atoms with Gasteiger partial charge in [-0.2, -0.15) is 0 Å². The minimum absolute atomic E-state index is 0.114. The summed E-state index contributed by atoms with van der Waals surface area (Å²) in [6.07, 6.45) is 1.87. The first-order chi connectivity index (χ1) is 12.6. The van der Waals surface area contributed by atoms with Gasteiger partial charge in [0.1, 0.15) is 0 Å². The molecule has 4 nitrogen and oxygen atoms in total. The molecule has 1 fully saturated rings. The SMILES string of the molecule is CCN(CC)c1ccc(N=C2NC(=O)/C(=C/c3ccc(Br)cc3)S2)cc1. The van der Waals surface area contributed by atoms with Crippen LogP contribution in [0.5, 0.6) is 0 Å². The van der Waals surface area contributed by atoms with Crippen LogP contribution < -0.4 is 10.2 Å². The van der Waals surface area contributed by atoms with E-state index in [1.54, 1.807) is 0 Å². The number of amidine groups is 1. The molecule has 1 N–H and O–H groups in total. The van der Waals surface area contributed by atoms with E-state index in [9.17, 15) is 4.79 Å². The van der Waals surface area contributed by atoms with Gasteiger partial charge in [-0.15, -0.1) is 0 Å². The standard InChI is InChI=1S/C20H20BrN3OS/c1-3-24(4-2)17-11-9-16(10-12-17)22-20-23-19(25)18(26-20)13-14-5-7-15(21)8-6-14/h5-13H,3-4H2,1-2H3,(H,22,23,25)/b18-13-. The Bertz CT molecular complexity index is 840. The molecule has 1 saturated heterocycles. The van der Waals surface area contributed by atoms with Crippen LogP contribution in [0.25, 0.3) is 6.08 Å². The first kappa shape index (κ1) is 18.7. The third-order valence-electron chi connectivity index (χ3n) is 4.03. The molecule has 0 radical (unpaired) electrons. The van der Waals surface area contributed by atoms with Crippen LogP contribution in [0.2, 0.25) is 0 Å². The van der Waals surface area contributed by atoms with Gasteiger partial charge in [0.2, 0.25) is 0 Å². The largest absolute Gasteiger partial charge is 0.372 e. The second-order valence-corrected chi connectivity index (χ2v) is 7.67. The van der Waals surface area contributed by atoms with Gasteiger partial charge < -0.3 is 10.2 Å². The monoisotopic (exact) mass is 429 g/mol. The normalized spacial score (nSPS) is 17.0. The Hall–Kier alpha value is -2.05. The summed E-state index contributed by atoms with van der Waals surface area (Å²) < 4.78 is 1.01. The molecule has 0 saturated carbocycles. The molecular formula is C20H20BrN3OS. The fourth-order valence-electron chi connectivity index (χ4n) is 2.63. The van der Waals surface area contributed by atoms with E-state index in [4.69, 9.17) is 0 Å². The Morgan fingerprint density at radius 2 is 1.73 bits per heavy atom. The van der Waals surface area contributed by atoms with Gasteiger partial charge in [0.15, 0.2) is 5.17 Å². The predicted molar refractivity (Wildman–Crippen MR) is 115 cm³/mol. The fraction of sp³-hybridized carbons (Fsp3) is 0.200. The second-order valence-electron chi connectivity index (χ2n) is 5.72. The van der Waals surface area contributed by atoms with E-state index in [0.717, 1.165) is 28.8 Å². The van der Waals surface area contributed by atoms with Crippen LogP contribution in [0.1, 0.15) is 19.4 Å². The van der Waals surface area contributed by atoms with Gasteiger partial charge in [-0.1, -0.05) is 28.1 Å². The number of halogens is 1. The average molecular weight is 430 g/mol. The average Bonchev–Trinajstić information content (AvgIpc) is 2.98. The highest BCUT2D eigenvalue weighted by atomic mass is 79.9. The smallest absolute Gasteiger partial charge is 0.264 e. The molecule has 1 aliphatic heterocycles. The van der Waals surface area contributed by atoms with Crippen molar-refractivity contribution in [3.63, 3.8) is 0 Å². The van der Waals surface area contributed by atoms with Crippen molar-refractivity contribution in [1.82, 2.24) is 5.32 Å². The van der Waals surface area contributed by atoms with E-state index in [0.29, 0.717) is 10.1 Å². The summed E-state index contributed by atoms with van der Waals surface area (Å²) in [6.45, 7) is 6.23. The molecule has 0 spiro atoms. The Balaban J connectivity index is 1.74. The van der Waals surface area contributed by atoms with Gasteiger partial charge in [0.05, 0.1) is 10.6 Å². The van der Waals surface area contributed by atoms with Crippen LogP contribution in [0.4, 0.5) is 11.4 Å². The number of hydrogen-bond donors (Lipinski definition) is 1. The Kier molecular flexibility index (Phi) is 6.16. The van der Waals surface area contributed by atoms with Crippen LogP contribution in [-0.2, 0) is 4.79 Å². The van der Waals surface area contributed by atoms with Crippen molar-refractivity contribution in [3.05, 3.63) is 63.5 Å². The van der Waals surface area contributed by atoms with Crippen molar-refractivity contribution in [2.75, 3.05) is 18.0 Å². The van der Waals surface area contributed by atoms with Crippen molar-refractivity contribution >= 4 is 56.2 Å². The zero-order valence-corrected chi connectivity index (χ0v) is 17.1. The molecule has 6 heteroatoms. The molecule has 0 unspecified atom stereocenters. The van der Waals surface area contributed by atoms with Crippen LogP contribution in [0, 0.1) is 0 Å². The number of nitrogens with zero attached hydrogens (tertiary/aromatic N) is 2. The summed E-state index contributed by atoms with van der Waals surface area (Å²) in [7, 11) is 0. The lowest BCUT2D eigenvalue weighted by atomic mass is 10.2. The van der Waals surface area contributed by atoms with Crippen molar-refractivity contribution in [2.45, 2.75) is 13.8 Å². The number of carbonyl (C=O) groups is 1. The molecule has 0 bridgehead atoms. The Morgan fingerprint density at radius 3 is 2.35 bits per heavy atom.